The van der Waals surface area contributed by atoms with E-state index in [1.807, 2.05) is 75.4 Å². The summed E-state index contributed by atoms with van der Waals surface area (Å²) in [6, 6.07) is 17.4. The Morgan fingerprint density at radius 1 is 1.05 bits per heavy atom. The SMILES string of the molecule is CC(C)C(C)(O)CNc1ccccc1Oc1ccccc1. The monoisotopic (exact) mass is 285 g/mol. The van der Waals surface area contributed by atoms with Crippen molar-refractivity contribution in [2.45, 2.75) is 26.4 Å². The van der Waals surface area contributed by atoms with Gasteiger partial charge in [0.15, 0.2) is 5.75 Å². The van der Waals surface area contributed by atoms with Crippen molar-refractivity contribution in [1.82, 2.24) is 0 Å². The maximum Gasteiger partial charge on any atom is 0.150 e. The highest BCUT2D eigenvalue weighted by atomic mass is 16.5. The zero-order chi connectivity index (χ0) is 15.3. The van der Waals surface area contributed by atoms with E-state index in [-0.39, 0.29) is 5.92 Å². The Morgan fingerprint density at radius 2 is 1.67 bits per heavy atom. The average Bonchev–Trinajstić information content (AvgIpc) is 2.47. The molecule has 2 N–H and O–H groups in total. The fourth-order valence-corrected chi connectivity index (χ4v) is 1.80. The predicted molar refractivity (Wildman–Crippen MR) is 86.9 cm³/mol. The molecule has 0 bridgehead atoms. The molecule has 0 aromatic heterocycles. The number of nitrogens with one attached hydrogen (secondary N) is 1. The van der Waals surface area contributed by atoms with E-state index in [0.717, 1.165) is 17.2 Å². The normalized spacial score (nSPS) is 13.8. The first-order valence-corrected chi connectivity index (χ1v) is 7.27. The number of benzene rings is 2. The quantitative estimate of drug-likeness (QED) is 0.831. The molecule has 1 unspecified atom stereocenters. The summed E-state index contributed by atoms with van der Waals surface area (Å²) in [5.41, 5.74) is 0.113. The molecule has 0 heterocycles. The van der Waals surface area contributed by atoms with Crippen molar-refractivity contribution in [2.24, 2.45) is 5.92 Å². The summed E-state index contributed by atoms with van der Waals surface area (Å²) < 4.78 is 5.89. The predicted octanol–water partition coefficient (Wildman–Crippen LogP) is 4.30. The molecule has 0 spiro atoms. The minimum absolute atomic E-state index is 0.173. The summed E-state index contributed by atoms with van der Waals surface area (Å²) in [4.78, 5) is 0. The first-order chi connectivity index (χ1) is 9.99. The second kappa shape index (κ2) is 6.64. The van der Waals surface area contributed by atoms with Crippen molar-refractivity contribution >= 4 is 5.69 Å². The zero-order valence-electron chi connectivity index (χ0n) is 12.8. The third-order valence-electron chi connectivity index (χ3n) is 3.74. The summed E-state index contributed by atoms with van der Waals surface area (Å²) in [7, 11) is 0. The average molecular weight is 285 g/mol. The number of anilines is 1. The molecule has 0 aliphatic rings. The van der Waals surface area contributed by atoms with Gasteiger partial charge in [0.1, 0.15) is 5.75 Å². The minimum atomic E-state index is -0.764. The van der Waals surface area contributed by atoms with E-state index in [2.05, 4.69) is 5.32 Å². The van der Waals surface area contributed by atoms with E-state index in [4.69, 9.17) is 4.74 Å². The number of hydrogen-bond acceptors (Lipinski definition) is 3. The van der Waals surface area contributed by atoms with E-state index in [1.165, 1.54) is 0 Å². The third kappa shape index (κ3) is 4.23. The minimum Gasteiger partial charge on any atom is -0.455 e. The van der Waals surface area contributed by atoms with Gasteiger partial charge >= 0.3 is 0 Å². The van der Waals surface area contributed by atoms with Crippen LogP contribution in [0.1, 0.15) is 20.8 Å². The first kappa shape index (κ1) is 15.4. The van der Waals surface area contributed by atoms with Gasteiger partial charge in [-0.05, 0) is 37.1 Å². The fourth-order valence-electron chi connectivity index (χ4n) is 1.80. The van der Waals surface area contributed by atoms with Crippen LogP contribution in [0.5, 0.6) is 11.5 Å². The lowest BCUT2D eigenvalue weighted by molar-refractivity contribution is 0.0266. The molecule has 0 saturated heterocycles. The molecule has 3 heteroatoms. The molecule has 0 amide bonds. The Bertz CT molecular complexity index is 564. The van der Waals surface area contributed by atoms with Crippen LogP contribution in [-0.4, -0.2) is 17.3 Å². The van der Waals surface area contributed by atoms with Crippen molar-refractivity contribution in [2.75, 3.05) is 11.9 Å². The highest BCUT2D eigenvalue weighted by Crippen LogP contribution is 2.30. The summed E-state index contributed by atoms with van der Waals surface area (Å²) in [6.07, 6.45) is 0. The fraction of sp³-hybridized carbons (Fsp3) is 0.333. The Hall–Kier alpha value is -2.00. The van der Waals surface area contributed by atoms with Crippen molar-refractivity contribution < 1.29 is 9.84 Å². The maximum absolute atomic E-state index is 10.3. The lowest BCUT2D eigenvalue weighted by Crippen LogP contribution is -2.38. The highest BCUT2D eigenvalue weighted by molar-refractivity contribution is 5.57. The molecule has 21 heavy (non-hydrogen) atoms. The number of aliphatic hydroxyl groups is 1. The van der Waals surface area contributed by atoms with Gasteiger partial charge in [-0.25, -0.2) is 0 Å². The molecule has 0 saturated carbocycles. The zero-order valence-corrected chi connectivity index (χ0v) is 12.8. The van der Waals surface area contributed by atoms with E-state index in [9.17, 15) is 5.11 Å². The Balaban J connectivity index is 2.10. The second-order valence-corrected chi connectivity index (χ2v) is 5.78. The van der Waals surface area contributed by atoms with Crippen LogP contribution in [0.4, 0.5) is 5.69 Å². The van der Waals surface area contributed by atoms with Crippen LogP contribution in [0.15, 0.2) is 54.6 Å². The summed E-state index contributed by atoms with van der Waals surface area (Å²) >= 11 is 0. The Kier molecular flexibility index (Phi) is 4.86. The van der Waals surface area contributed by atoms with Crippen LogP contribution in [0.25, 0.3) is 0 Å². The third-order valence-corrected chi connectivity index (χ3v) is 3.74. The van der Waals surface area contributed by atoms with Crippen molar-refractivity contribution in [3.63, 3.8) is 0 Å². The molecule has 2 rings (SSSR count). The smallest absolute Gasteiger partial charge is 0.150 e. The van der Waals surface area contributed by atoms with Gasteiger partial charge in [0.25, 0.3) is 0 Å². The molecule has 0 fully saturated rings. The second-order valence-electron chi connectivity index (χ2n) is 5.78. The summed E-state index contributed by atoms with van der Waals surface area (Å²) in [6.45, 7) is 6.33. The molecule has 0 radical (unpaired) electrons. The molecular formula is C18H23NO2. The molecule has 2 aromatic rings. The summed E-state index contributed by atoms with van der Waals surface area (Å²) in [5, 5.41) is 13.6. The molecule has 112 valence electrons. The van der Waals surface area contributed by atoms with Crippen LogP contribution in [0.3, 0.4) is 0 Å². The maximum atomic E-state index is 10.3. The Morgan fingerprint density at radius 3 is 2.33 bits per heavy atom. The van der Waals surface area contributed by atoms with Crippen molar-refractivity contribution in [1.29, 1.82) is 0 Å². The van der Waals surface area contributed by atoms with Crippen LogP contribution in [0.2, 0.25) is 0 Å². The highest BCUT2D eigenvalue weighted by Gasteiger charge is 2.24. The number of rotatable bonds is 6. The lowest BCUT2D eigenvalue weighted by Gasteiger charge is -2.28. The van der Waals surface area contributed by atoms with E-state index < -0.39 is 5.60 Å². The van der Waals surface area contributed by atoms with Gasteiger partial charge in [-0.3, -0.25) is 0 Å². The van der Waals surface area contributed by atoms with E-state index >= 15 is 0 Å². The Labute approximate surface area is 126 Å². The van der Waals surface area contributed by atoms with Gasteiger partial charge in [-0.15, -0.1) is 0 Å². The van der Waals surface area contributed by atoms with Gasteiger partial charge in [0.2, 0.25) is 0 Å². The van der Waals surface area contributed by atoms with Crippen LogP contribution < -0.4 is 10.1 Å². The largest absolute Gasteiger partial charge is 0.455 e. The first-order valence-electron chi connectivity index (χ1n) is 7.27. The van der Waals surface area contributed by atoms with E-state index in [0.29, 0.717) is 6.54 Å². The van der Waals surface area contributed by atoms with Crippen molar-refractivity contribution in [3.8, 4) is 11.5 Å². The molecule has 1 atom stereocenters. The molecule has 0 aliphatic carbocycles. The van der Waals surface area contributed by atoms with Gasteiger partial charge < -0.3 is 15.2 Å². The van der Waals surface area contributed by atoms with Gasteiger partial charge in [0, 0.05) is 6.54 Å². The topological polar surface area (TPSA) is 41.5 Å². The van der Waals surface area contributed by atoms with Gasteiger partial charge in [0.05, 0.1) is 11.3 Å². The molecule has 3 nitrogen and oxygen atoms in total. The van der Waals surface area contributed by atoms with E-state index in [1.54, 1.807) is 0 Å². The van der Waals surface area contributed by atoms with Gasteiger partial charge in [-0.1, -0.05) is 44.2 Å². The van der Waals surface area contributed by atoms with Crippen LogP contribution in [0, 0.1) is 5.92 Å². The molecule has 2 aromatic carbocycles. The van der Waals surface area contributed by atoms with Crippen LogP contribution >= 0.6 is 0 Å². The number of hydrogen-bond donors (Lipinski definition) is 2. The number of ether oxygens (including phenoxy) is 1. The van der Waals surface area contributed by atoms with Crippen LogP contribution in [-0.2, 0) is 0 Å². The molecular weight excluding hydrogens is 262 g/mol. The number of para-hydroxylation sites is 3. The van der Waals surface area contributed by atoms with Crippen molar-refractivity contribution in [3.05, 3.63) is 54.6 Å². The lowest BCUT2D eigenvalue weighted by atomic mass is 9.92. The standard InChI is InChI=1S/C18H23NO2/c1-14(2)18(3,20)13-19-16-11-7-8-12-17(16)21-15-9-5-4-6-10-15/h4-12,14,19-20H,13H2,1-3H3. The summed E-state index contributed by atoms with van der Waals surface area (Å²) in [5.74, 6) is 1.72. The molecule has 0 aliphatic heterocycles. The van der Waals surface area contributed by atoms with Gasteiger partial charge in [-0.2, -0.15) is 0 Å².